The second-order valence-corrected chi connectivity index (χ2v) is 6.04. The molecule has 0 bridgehead atoms. The number of carbonyl (C=O) groups is 1. The molecule has 1 fully saturated rings. The Morgan fingerprint density at radius 1 is 1.43 bits per heavy atom. The van der Waals surface area contributed by atoms with E-state index in [4.69, 9.17) is 5.73 Å². The van der Waals surface area contributed by atoms with Crippen LogP contribution in [0, 0.1) is 18.6 Å². The van der Waals surface area contributed by atoms with Gasteiger partial charge in [0.1, 0.15) is 11.5 Å². The molecule has 3 rings (SSSR count). The van der Waals surface area contributed by atoms with Crippen molar-refractivity contribution >= 4 is 5.91 Å². The molecule has 1 unspecified atom stereocenters. The highest BCUT2D eigenvalue weighted by Crippen LogP contribution is 2.33. The average molecular weight is 320 g/mol. The average Bonchev–Trinajstić information content (AvgIpc) is 3.12. The summed E-state index contributed by atoms with van der Waals surface area (Å²) in [6.45, 7) is 3.59. The third kappa shape index (κ3) is 2.84. The summed E-state index contributed by atoms with van der Waals surface area (Å²) in [6.07, 6.45) is 2.94. The van der Waals surface area contributed by atoms with Crippen LogP contribution in [0.15, 0.2) is 24.4 Å². The minimum Gasteiger partial charge on any atom is -0.348 e. The van der Waals surface area contributed by atoms with E-state index in [-0.39, 0.29) is 17.6 Å². The van der Waals surface area contributed by atoms with Gasteiger partial charge in [0, 0.05) is 17.3 Å². The van der Waals surface area contributed by atoms with Crippen molar-refractivity contribution in [2.24, 2.45) is 5.73 Å². The highest BCUT2D eigenvalue weighted by atomic mass is 19.1. The zero-order valence-electron chi connectivity index (χ0n) is 12.9. The van der Waals surface area contributed by atoms with E-state index >= 15 is 0 Å². The molecule has 1 heterocycles. The number of hydrogen-bond acceptors (Lipinski definition) is 3. The largest absolute Gasteiger partial charge is 0.348 e. The number of hydrogen-bond donors (Lipinski definition) is 2. The monoisotopic (exact) mass is 320 g/mol. The van der Waals surface area contributed by atoms with E-state index in [2.05, 4.69) is 10.4 Å². The molecule has 1 aromatic carbocycles. The van der Waals surface area contributed by atoms with Gasteiger partial charge < -0.3 is 11.1 Å². The zero-order valence-corrected chi connectivity index (χ0v) is 12.9. The molecule has 5 nitrogen and oxygen atoms in total. The van der Waals surface area contributed by atoms with Gasteiger partial charge in [0.25, 0.3) is 0 Å². The highest BCUT2D eigenvalue weighted by molar-refractivity contribution is 5.89. The van der Waals surface area contributed by atoms with Gasteiger partial charge in [0.05, 0.1) is 17.8 Å². The summed E-state index contributed by atoms with van der Waals surface area (Å²) < 4.78 is 28.3. The number of carbonyl (C=O) groups excluding carboxylic acids is 1. The van der Waals surface area contributed by atoms with Crippen LogP contribution in [-0.2, 0) is 4.79 Å². The van der Waals surface area contributed by atoms with Crippen LogP contribution in [0.25, 0.3) is 5.69 Å². The number of rotatable bonds is 4. The quantitative estimate of drug-likeness (QED) is 0.906. The molecule has 7 heteroatoms. The van der Waals surface area contributed by atoms with Crippen molar-refractivity contribution in [1.82, 2.24) is 15.1 Å². The second kappa shape index (κ2) is 5.42. The van der Waals surface area contributed by atoms with E-state index in [1.807, 2.05) is 6.92 Å². The molecule has 122 valence electrons. The topological polar surface area (TPSA) is 72.9 Å². The maximum Gasteiger partial charge on any atom is 0.240 e. The van der Waals surface area contributed by atoms with Crippen LogP contribution >= 0.6 is 0 Å². The summed E-state index contributed by atoms with van der Waals surface area (Å²) in [7, 11) is 0. The van der Waals surface area contributed by atoms with Crippen LogP contribution in [-0.4, -0.2) is 21.2 Å². The van der Waals surface area contributed by atoms with Crippen molar-refractivity contribution in [2.45, 2.75) is 38.3 Å². The summed E-state index contributed by atoms with van der Waals surface area (Å²) in [4.78, 5) is 12.0. The molecule has 0 saturated heterocycles. The zero-order chi connectivity index (χ0) is 16.8. The maximum atomic E-state index is 13.9. The lowest BCUT2D eigenvalue weighted by Crippen LogP contribution is -2.43. The van der Waals surface area contributed by atoms with E-state index in [9.17, 15) is 13.6 Å². The molecule has 1 aliphatic carbocycles. The van der Waals surface area contributed by atoms with Crippen molar-refractivity contribution in [1.29, 1.82) is 0 Å². The molecule has 1 aromatic heterocycles. The number of halogens is 2. The van der Waals surface area contributed by atoms with Crippen molar-refractivity contribution in [3.8, 4) is 5.69 Å². The summed E-state index contributed by atoms with van der Waals surface area (Å²) in [5.41, 5.74) is 6.70. The Morgan fingerprint density at radius 2 is 2.13 bits per heavy atom. The Bertz CT molecular complexity index is 767. The summed E-state index contributed by atoms with van der Waals surface area (Å²) in [5.74, 6) is -1.53. The Kier molecular flexibility index (Phi) is 3.68. The van der Waals surface area contributed by atoms with Crippen LogP contribution < -0.4 is 11.1 Å². The van der Waals surface area contributed by atoms with Crippen LogP contribution in [0.3, 0.4) is 0 Å². The lowest BCUT2D eigenvalue weighted by Gasteiger charge is -2.17. The first-order chi connectivity index (χ1) is 10.8. The fourth-order valence-electron chi connectivity index (χ4n) is 2.52. The van der Waals surface area contributed by atoms with Crippen LogP contribution in [0.1, 0.15) is 37.1 Å². The second-order valence-electron chi connectivity index (χ2n) is 6.04. The molecule has 1 atom stereocenters. The minimum atomic E-state index is -0.749. The van der Waals surface area contributed by atoms with Crippen LogP contribution in [0.2, 0.25) is 0 Å². The van der Waals surface area contributed by atoms with E-state index in [0.717, 1.165) is 11.6 Å². The molecule has 1 saturated carbocycles. The van der Waals surface area contributed by atoms with Gasteiger partial charge in [-0.1, -0.05) is 0 Å². The van der Waals surface area contributed by atoms with Crippen LogP contribution in [0.5, 0.6) is 0 Å². The fraction of sp³-hybridized carbons (Fsp3) is 0.375. The standard InChI is InChI=1S/C16H18F2N4O/c1-9(21-15(23)16(19)5-6-16)12-8-20-22(10(12)2)14-4-3-11(17)7-13(14)18/h3-4,7-9H,5-6,19H2,1-2H3,(H,21,23). The molecule has 1 amide bonds. The highest BCUT2D eigenvalue weighted by Gasteiger charge is 2.46. The number of aromatic nitrogens is 2. The van der Waals surface area contributed by atoms with Crippen molar-refractivity contribution in [2.75, 3.05) is 0 Å². The Labute approximate surface area is 132 Å². The Balaban J connectivity index is 1.85. The molecular formula is C16H18F2N4O. The summed E-state index contributed by atoms with van der Waals surface area (Å²) in [6, 6.07) is 3.01. The van der Waals surface area contributed by atoms with Gasteiger partial charge in [-0.3, -0.25) is 4.79 Å². The lowest BCUT2D eigenvalue weighted by atomic mass is 10.1. The first-order valence-electron chi connectivity index (χ1n) is 7.41. The smallest absolute Gasteiger partial charge is 0.240 e. The summed E-state index contributed by atoms with van der Waals surface area (Å²) in [5, 5.41) is 7.01. The predicted molar refractivity (Wildman–Crippen MR) is 80.9 cm³/mol. The van der Waals surface area contributed by atoms with Gasteiger partial charge in [-0.15, -0.1) is 0 Å². The first kappa shape index (κ1) is 15.6. The first-order valence-corrected chi connectivity index (χ1v) is 7.41. The van der Waals surface area contributed by atoms with Gasteiger partial charge in [-0.25, -0.2) is 13.5 Å². The van der Waals surface area contributed by atoms with Crippen molar-refractivity contribution in [3.63, 3.8) is 0 Å². The van der Waals surface area contributed by atoms with Crippen molar-refractivity contribution in [3.05, 3.63) is 47.3 Å². The molecule has 0 radical (unpaired) electrons. The van der Waals surface area contributed by atoms with E-state index in [1.165, 1.54) is 16.8 Å². The van der Waals surface area contributed by atoms with Gasteiger partial charge in [0.2, 0.25) is 5.91 Å². The van der Waals surface area contributed by atoms with Crippen molar-refractivity contribution < 1.29 is 13.6 Å². The SMILES string of the molecule is Cc1c(C(C)NC(=O)C2(N)CC2)cnn1-c1ccc(F)cc1F. The molecule has 2 aromatic rings. The summed E-state index contributed by atoms with van der Waals surface area (Å²) >= 11 is 0. The Hall–Kier alpha value is -2.28. The fourth-order valence-corrected chi connectivity index (χ4v) is 2.52. The molecule has 0 spiro atoms. The van der Waals surface area contributed by atoms with Gasteiger partial charge in [-0.2, -0.15) is 5.10 Å². The number of benzene rings is 1. The number of nitrogens with two attached hydrogens (primary N) is 1. The number of nitrogens with zero attached hydrogens (tertiary/aromatic N) is 2. The van der Waals surface area contributed by atoms with E-state index < -0.39 is 17.2 Å². The van der Waals surface area contributed by atoms with Gasteiger partial charge in [0.15, 0.2) is 5.82 Å². The Morgan fingerprint density at radius 3 is 2.74 bits per heavy atom. The maximum absolute atomic E-state index is 13.9. The molecule has 1 aliphatic rings. The van der Waals surface area contributed by atoms with Gasteiger partial charge in [-0.05, 0) is 38.8 Å². The third-order valence-corrected chi connectivity index (χ3v) is 4.24. The molecule has 0 aliphatic heterocycles. The molecular weight excluding hydrogens is 302 g/mol. The molecule has 3 N–H and O–H groups in total. The van der Waals surface area contributed by atoms with E-state index in [0.29, 0.717) is 18.5 Å². The number of nitrogens with one attached hydrogen (secondary N) is 1. The lowest BCUT2D eigenvalue weighted by molar-refractivity contribution is -0.123. The predicted octanol–water partition coefficient (Wildman–Crippen LogP) is 2.13. The molecule has 23 heavy (non-hydrogen) atoms. The van der Waals surface area contributed by atoms with Crippen LogP contribution in [0.4, 0.5) is 8.78 Å². The van der Waals surface area contributed by atoms with E-state index in [1.54, 1.807) is 13.1 Å². The third-order valence-electron chi connectivity index (χ3n) is 4.24. The minimum absolute atomic E-state index is 0.158. The van der Waals surface area contributed by atoms with Gasteiger partial charge >= 0.3 is 0 Å². The normalized spacial score (nSPS) is 16.9. The number of amides is 1.